The lowest BCUT2D eigenvalue weighted by atomic mass is 9.84. The van der Waals surface area contributed by atoms with Crippen molar-refractivity contribution < 1.29 is 14.3 Å². The van der Waals surface area contributed by atoms with E-state index in [1.54, 1.807) is 20.8 Å². The number of hydrogen-bond acceptors (Lipinski definition) is 3. The van der Waals surface area contributed by atoms with E-state index in [9.17, 15) is 9.59 Å². The Morgan fingerprint density at radius 1 is 1.40 bits per heavy atom. The van der Waals surface area contributed by atoms with E-state index < -0.39 is 11.4 Å². The first-order valence-electron chi connectivity index (χ1n) is 5.45. The molecule has 86 valence electrons. The van der Waals surface area contributed by atoms with Gasteiger partial charge in [0.05, 0.1) is 6.61 Å². The van der Waals surface area contributed by atoms with Crippen molar-refractivity contribution in [2.24, 2.45) is 16.7 Å². The molecule has 1 fully saturated rings. The summed E-state index contributed by atoms with van der Waals surface area (Å²) < 4.78 is 4.91. The third-order valence-corrected chi connectivity index (χ3v) is 3.23. The molecule has 0 N–H and O–H groups in total. The van der Waals surface area contributed by atoms with Crippen LogP contribution < -0.4 is 0 Å². The summed E-state index contributed by atoms with van der Waals surface area (Å²) in [5.41, 5.74) is -0.921. The maximum absolute atomic E-state index is 12.1. The summed E-state index contributed by atoms with van der Waals surface area (Å²) >= 11 is 0. The molecule has 0 saturated heterocycles. The molecular weight excluding hydrogens is 192 g/mol. The lowest BCUT2D eigenvalue weighted by molar-refractivity contribution is -0.158. The molecular formula is C12H20O3. The Labute approximate surface area is 91.2 Å². The number of carbonyl (C=O) groups excluding carboxylic acids is 2. The van der Waals surface area contributed by atoms with E-state index in [4.69, 9.17) is 4.74 Å². The number of rotatable bonds is 4. The van der Waals surface area contributed by atoms with Crippen LogP contribution in [0, 0.1) is 16.7 Å². The second kappa shape index (κ2) is 3.62. The van der Waals surface area contributed by atoms with Gasteiger partial charge in [-0.1, -0.05) is 13.8 Å². The second-order valence-electron chi connectivity index (χ2n) is 5.46. The summed E-state index contributed by atoms with van der Waals surface area (Å²) in [6.45, 7) is 9.49. The zero-order valence-electron chi connectivity index (χ0n) is 10.2. The average Bonchev–Trinajstić information content (AvgIpc) is 2.74. The molecule has 0 radical (unpaired) electrons. The van der Waals surface area contributed by atoms with E-state index >= 15 is 0 Å². The van der Waals surface area contributed by atoms with Gasteiger partial charge in [-0.15, -0.1) is 0 Å². The van der Waals surface area contributed by atoms with Crippen LogP contribution in [0.1, 0.15) is 41.0 Å². The summed E-state index contributed by atoms with van der Waals surface area (Å²) in [6, 6.07) is 0. The Bertz CT molecular complexity index is 289. The summed E-state index contributed by atoms with van der Waals surface area (Å²) in [4.78, 5) is 23.7. The minimum atomic E-state index is -0.992. The lowest BCUT2D eigenvalue weighted by Gasteiger charge is -2.21. The molecule has 0 aromatic rings. The molecule has 0 bridgehead atoms. The van der Waals surface area contributed by atoms with Crippen molar-refractivity contribution in [1.29, 1.82) is 0 Å². The van der Waals surface area contributed by atoms with Crippen LogP contribution in [-0.2, 0) is 14.3 Å². The number of ketones is 1. The van der Waals surface area contributed by atoms with Gasteiger partial charge in [0.2, 0.25) is 0 Å². The molecule has 1 saturated carbocycles. The topological polar surface area (TPSA) is 43.4 Å². The number of esters is 1. The Morgan fingerprint density at radius 3 is 2.20 bits per heavy atom. The normalized spacial score (nSPS) is 23.4. The predicted molar refractivity (Wildman–Crippen MR) is 57.3 cm³/mol. The Balaban J connectivity index is 2.70. The minimum absolute atomic E-state index is 0.0194. The maximum Gasteiger partial charge on any atom is 0.319 e. The van der Waals surface area contributed by atoms with Gasteiger partial charge in [-0.25, -0.2) is 0 Å². The van der Waals surface area contributed by atoms with Crippen molar-refractivity contribution in [2.75, 3.05) is 6.61 Å². The first-order chi connectivity index (χ1) is 6.73. The Hall–Kier alpha value is -0.860. The number of ether oxygens (including phenoxy) is 1. The fraction of sp³-hybridized carbons (Fsp3) is 0.833. The number of Topliss-reactive ketones (excluding diaryl/α,β-unsaturated/α-hetero) is 1. The zero-order valence-corrected chi connectivity index (χ0v) is 10.2. The van der Waals surface area contributed by atoms with Crippen molar-refractivity contribution in [3.05, 3.63) is 0 Å². The second-order valence-corrected chi connectivity index (χ2v) is 5.46. The largest absolute Gasteiger partial charge is 0.465 e. The highest BCUT2D eigenvalue weighted by molar-refractivity contribution is 6.05. The van der Waals surface area contributed by atoms with Crippen LogP contribution in [-0.4, -0.2) is 18.4 Å². The van der Waals surface area contributed by atoms with Crippen molar-refractivity contribution in [2.45, 2.75) is 41.0 Å². The van der Waals surface area contributed by atoms with Gasteiger partial charge < -0.3 is 4.74 Å². The van der Waals surface area contributed by atoms with Crippen LogP contribution in [0.5, 0.6) is 0 Å². The fourth-order valence-corrected chi connectivity index (χ4v) is 1.76. The van der Waals surface area contributed by atoms with E-state index in [1.807, 2.05) is 0 Å². The van der Waals surface area contributed by atoms with Crippen LogP contribution in [0.3, 0.4) is 0 Å². The molecule has 0 aromatic carbocycles. The van der Waals surface area contributed by atoms with Gasteiger partial charge in [-0.3, -0.25) is 9.59 Å². The van der Waals surface area contributed by atoms with Gasteiger partial charge in [0.1, 0.15) is 5.41 Å². The predicted octanol–water partition coefficient (Wildman–Crippen LogP) is 2.19. The van der Waals surface area contributed by atoms with Gasteiger partial charge in [0.25, 0.3) is 0 Å². The van der Waals surface area contributed by atoms with Gasteiger partial charge in [-0.2, -0.15) is 0 Å². The van der Waals surface area contributed by atoms with E-state index in [2.05, 4.69) is 13.8 Å². The molecule has 0 aliphatic heterocycles. The molecule has 1 atom stereocenters. The smallest absolute Gasteiger partial charge is 0.319 e. The van der Waals surface area contributed by atoms with Crippen LogP contribution in [0.25, 0.3) is 0 Å². The SMILES string of the molecule is CCOC(=O)C(C)(C)C(=O)C1CC1(C)C. The summed E-state index contributed by atoms with van der Waals surface area (Å²) in [6.07, 6.45) is 0.884. The molecule has 1 aliphatic rings. The molecule has 3 heteroatoms. The standard InChI is InChI=1S/C12H20O3/c1-6-15-10(14)12(4,5)9(13)8-7-11(8,2)3/h8H,6-7H2,1-5H3. The molecule has 1 rings (SSSR count). The minimum Gasteiger partial charge on any atom is -0.465 e. The van der Waals surface area contributed by atoms with Crippen LogP contribution in [0.4, 0.5) is 0 Å². The maximum atomic E-state index is 12.1. The molecule has 1 aliphatic carbocycles. The zero-order chi connectivity index (χ0) is 11.9. The number of carbonyl (C=O) groups is 2. The molecule has 1 unspecified atom stereocenters. The third-order valence-electron chi connectivity index (χ3n) is 3.23. The first kappa shape index (κ1) is 12.2. The van der Waals surface area contributed by atoms with Crippen molar-refractivity contribution in [3.63, 3.8) is 0 Å². The molecule has 0 aromatic heterocycles. The van der Waals surface area contributed by atoms with Gasteiger partial charge >= 0.3 is 5.97 Å². The monoisotopic (exact) mass is 212 g/mol. The fourth-order valence-electron chi connectivity index (χ4n) is 1.76. The van der Waals surface area contributed by atoms with E-state index in [0.29, 0.717) is 6.61 Å². The summed E-state index contributed by atoms with van der Waals surface area (Å²) in [5.74, 6) is -0.361. The highest BCUT2D eigenvalue weighted by atomic mass is 16.5. The molecule has 0 spiro atoms. The van der Waals surface area contributed by atoms with Crippen LogP contribution in [0.2, 0.25) is 0 Å². The Kier molecular flexibility index (Phi) is 2.94. The quantitative estimate of drug-likeness (QED) is 0.530. The lowest BCUT2D eigenvalue weighted by Crippen LogP contribution is -2.37. The van der Waals surface area contributed by atoms with Crippen LogP contribution >= 0.6 is 0 Å². The van der Waals surface area contributed by atoms with E-state index in [-0.39, 0.29) is 17.1 Å². The molecule has 3 nitrogen and oxygen atoms in total. The van der Waals surface area contributed by atoms with Crippen molar-refractivity contribution in [3.8, 4) is 0 Å². The van der Waals surface area contributed by atoms with Gasteiger partial charge in [0, 0.05) is 5.92 Å². The highest BCUT2D eigenvalue weighted by Gasteiger charge is 2.56. The van der Waals surface area contributed by atoms with Crippen LogP contribution in [0.15, 0.2) is 0 Å². The average molecular weight is 212 g/mol. The van der Waals surface area contributed by atoms with E-state index in [0.717, 1.165) is 6.42 Å². The highest BCUT2D eigenvalue weighted by Crippen LogP contribution is 2.54. The first-order valence-corrected chi connectivity index (χ1v) is 5.45. The molecule has 0 amide bonds. The van der Waals surface area contributed by atoms with Gasteiger partial charge in [-0.05, 0) is 32.6 Å². The Morgan fingerprint density at radius 2 is 1.87 bits per heavy atom. The molecule has 15 heavy (non-hydrogen) atoms. The molecule has 0 heterocycles. The third kappa shape index (κ3) is 2.21. The van der Waals surface area contributed by atoms with Crippen molar-refractivity contribution >= 4 is 11.8 Å². The number of hydrogen-bond donors (Lipinski definition) is 0. The van der Waals surface area contributed by atoms with Gasteiger partial charge in [0.15, 0.2) is 5.78 Å². The van der Waals surface area contributed by atoms with E-state index in [1.165, 1.54) is 0 Å². The summed E-state index contributed by atoms with van der Waals surface area (Å²) in [5, 5.41) is 0. The van der Waals surface area contributed by atoms with Crippen molar-refractivity contribution in [1.82, 2.24) is 0 Å². The summed E-state index contributed by atoms with van der Waals surface area (Å²) in [7, 11) is 0.